The summed E-state index contributed by atoms with van der Waals surface area (Å²) in [6.07, 6.45) is 2.95. The van der Waals surface area contributed by atoms with E-state index in [9.17, 15) is 14.0 Å². The summed E-state index contributed by atoms with van der Waals surface area (Å²) >= 11 is 0. The van der Waals surface area contributed by atoms with Crippen LogP contribution in [-0.2, 0) is 24.4 Å². The van der Waals surface area contributed by atoms with Crippen LogP contribution < -0.4 is 5.32 Å². The molecule has 2 aromatic rings. The number of urea groups is 1. The minimum atomic E-state index is -0.301. The van der Waals surface area contributed by atoms with Gasteiger partial charge in [0.25, 0.3) is 0 Å². The quantitative estimate of drug-likeness (QED) is 0.756. The maximum absolute atomic E-state index is 13.0. The lowest BCUT2D eigenvalue weighted by atomic mass is 10.2. The van der Waals surface area contributed by atoms with E-state index in [1.165, 1.54) is 17.0 Å². The van der Waals surface area contributed by atoms with Gasteiger partial charge in [-0.25, -0.2) is 9.18 Å². The molecule has 0 bridgehead atoms. The zero-order valence-corrected chi connectivity index (χ0v) is 16.3. The molecule has 1 aromatic heterocycles. The smallest absolute Gasteiger partial charge is 0.320 e. The summed E-state index contributed by atoms with van der Waals surface area (Å²) in [6.45, 7) is 6.74. The van der Waals surface area contributed by atoms with E-state index in [1.807, 2.05) is 17.8 Å². The van der Waals surface area contributed by atoms with E-state index in [2.05, 4.69) is 17.3 Å². The first-order valence-electron chi connectivity index (χ1n) is 9.54. The molecular formula is C20H26FN5O2. The standard InChI is InChI=1S/C20H26FN5O2/c1-3-8-26-13-17(15(2)23-26)11-22-19(27)14-25-10-9-24(20(25)28)12-16-4-6-18(21)7-5-16/h4-7,13H,3,8-12,14H2,1-2H3,(H,22,27). The molecule has 28 heavy (non-hydrogen) atoms. The van der Waals surface area contributed by atoms with Crippen molar-refractivity contribution in [1.82, 2.24) is 24.9 Å². The highest BCUT2D eigenvalue weighted by molar-refractivity contribution is 5.85. The van der Waals surface area contributed by atoms with Crippen molar-refractivity contribution in [1.29, 1.82) is 0 Å². The van der Waals surface area contributed by atoms with Crippen molar-refractivity contribution in [2.75, 3.05) is 19.6 Å². The summed E-state index contributed by atoms with van der Waals surface area (Å²) in [5, 5.41) is 7.29. The molecule has 1 saturated heterocycles. The largest absolute Gasteiger partial charge is 0.350 e. The predicted molar refractivity (Wildman–Crippen MR) is 103 cm³/mol. The SMILES string of the molecule is CCCn1cc(CNC(=O)CN2CCN(Cc3ccc(F)cc3)C2=O)c(C)n1. The number of nitrogens with zero attached hydrogens (tertiary/aromatic N) is 4. The van der Waals surface area contributed by atoms with Crippen LogP contribution in [0.1, 0.15) is 30.2 Å². The lowest BCUT2D eigenvalue weighted by Crippen LogP contribution is -2.39. The number of aryl methyl sites for hydroxylation is 2. The molecule has 2 heterocycles. The van der Waals surface area contributed by atoms with Crippen molar-refractivity contribution in [2.24, 2.45) is 0 Å². The number of carbonyl (C=O) groups is 2. The molecular weight excluding hydrogens is 361 g/mol. The number of benzene rings is 1. The number of aromatic nitrogens is 2. The fourth-order valence-electron chi connectivity index (χ4n) is 3.24. The Kier molecular flexibility index (Phi) is 6.28. The molecule has 3 amide bonds. The Morgan fingerprint density at radius 2 is 1.93 bits per heavy atom. The van der Waals surface area contributed by atoms with E-state index in [0.717, 1.165) is 29.8 Å². The van der Waals surface area contributed by atoms with Crippen molar-refractivity contribution in [3.63, 3.8) is 0 Å². The Labute approximate surface area is 164 Å². The van der Waals surface area contributed by atoms with E-state index in [0.29, 0.717) is 26.2 Å². The Bertz CT molecular complexity index is 834. The number of rotatable bonds is 8. The van der Waals surface area contributed by atoms with Crippen molar-refractivity contribution < 1.29 is 14.0 Å². The molecule has 0 saturated carbocycles. The number of hydrogen-bond donors (Lipinski definition) is 1. The van der Waals surface area contributed by atoms with Gasteiger partial charge in [-0.3, -0.25) is 9.48 Å². The molecule has 1 aromatic carbocycles. The molecule has 1 N–H and O–H groups in total. The van der Waals surface area contributed by atoms with Crippen molar-refractivity contribution in [3.05, 3.63) is 53.1 Å². The number of halogens is 1. The third kappa shape index (κ3) is 4.88. The molecule has 0 aliphatic carbocycles. The number of nitrogens with one attached hydrogen (secondary N) is 1. The average molecular weight is 387 g/mol. The minimum absolute atomic E-state index is 0.0287. The summed E-state index contributed by atoms with van der Waals surface area (Å²) in [6, 6.07) is 5.92. The first kappa shape index (κ1) is 19.9. The Balaban J connectivity index is 1.48. The fraction of sp³-hybridized carbons (Fsp3) is 0.450. The van der Waals surface area contributed by atoms with Crippen molar-refractivity contribution in [3.8, 4) is 0 Å². The molecule has 0 spiro atoms. The van der Waals surface area contributed by atoms with Gasteiger partial charge in [-0.1, -0.05) is 19.1 Å². The van der Waals surface area contributed by atoms with Crippen LogP contribution in [0.5, 0.6) is 0 Å². The highest BCUT2D eigenvalue weighted by atomic mass is 19.1. The third-order valence-electron chi connectivity index (χ3n) is 4.78. The van der Waals surface area contributed by atoms with Crippen LogP contribution in [-0.4, -0.2) is 51.2 Å². The monoisotopic (exact) mass is 387 g/mol. The summed E-state index contributed by atoms with van der Waals surface area (Å²) < 4.78 is 14.9. The molecule has 1 aliphatic heterocycles. The van der Waals surface area contributed by atoms with Gasteiger partial charge in [-0.05, 0) is 31.0 Å². The van der Waals surface area contributed by atoms with Gasteiger partial charge in [-0.15, -0.1) is 0 Å². The molecule has 0 atom stereocenters. The predicted octanol–water partition coefficient (Wildman–Crippen LogP) is 2.29. The van der Waals surface area contributed by atoms with Gasteiger partial charge in [0.15, 0.2) is 0 Å². The summed E-state index contributed by atoms with van der Waals surface area (Å²) in [4.78, 5) is 28.0. The van der Waals surface area contributed by atoms with Gasteiger partial charge >= 0.3 is 6.03 Å². The van der Waals surface area contributed by atoms with Crippen LogP contribution in [0.4, 0.5) is 9.18 Å². The highest BCUT2D eigenvalue weighted by Gasteiger charge is 2.29. The van der Waals surface area contributed by atoms with Gasteiger partial charge in [0.2, 0.25) is 5.91 Å². The van der Waals surface area contributed by atoms with Crippen LogP contribution >= 0.6 is 0 Å². The first-order chi connectivity index (χ1) is 13.5. The Morgan fingerprint density at radius 3 is 2.64 bits per heavy atom. The van der Waals surface area contributed by atoms with Crippen LogP contribution in [0.25, 0.3) is 0 Å². The third-order valence-corrected chi connectivity index (χ3v) is 4.78. The number of hydrogen-bond acceptors (Lipinski definition) is 3. The van der Waals surface area contributed by atoms with Crippen LogP contribution in [0.3, 0.4) is 0 Å². The van der Waals surface area contributed by atoms with Crippen molar-refractivity contribution >= 4 is 11.9 Å². The van der Waals surface area contributed by atoms with E-state index < -0.39 is 0 Å². The second-order valence-electron chi connectivity index (χ2n) is 7.03. The normalized spacial score (nSPS) is 14.0. The van der Waals surface area contributed by atoms with Crippen LogP contribution in [0, 0.1) is 12.7 Å². The molecule has 1 aliphatic rings. The maximum atomic E-state index is 13.0. The molecule has 7 nitrogen and oxygen atoms in total. The zero-order chi connectivity index (χ0) is 20.1. The lowest BCUT2D eigenvalue weighted by molar-refractivity contribution is -0.121. The minimum Gasteiger partial charge on any atom is -0.350 e. The van der Waals surface area contributed by atoms with Gasteiger partial charge in [0, 0.05) is 44.5 Å². The van der Waals surface area contributed by atoms with Gasteiger partial charge < -0.3 is 15.1 Å². The summed E-state index contributed by atoms with van der Waals surface area (Å²) in [5.74, 6) is -0.495. The van der Waals surface area contributed by atoms with Gasteiger partial charge in [-0.2, -0.15) is 5.10 Å². The van der Waals surface area contributed by atoms with Crippen molar-refractivity contribution in [2.45, 2.75) is 39.9 Å². The molecule has 0 unspecified atom stereocenters. The van der Waals surface area contributed by atoms with Gasteiger partial charge in [0.05, 0.1) is 5.69 Å². The zero-order valence-electron chi connectivity index (χ0n) is 16.3. The molecule has 150 valence electrons. The fourth-order valence-corrected chi connectivity index (χ4v) is 3.24. The van der Waals surface area contributed by atoms with Gasteiger partial charge in [0.1, 0.15) is 12.4 Å². The Morgan fingerprint density at radius 1 is 1.21 bits per heavy atom. The van der Waals surface area contributed by atoms with E-state index in [-0.39, 0.29) is 24.3 Å². The maximum Gasteiger partial charge on any atom is 0.320 e. The summed E-state index contributed by atoms with van der Waals surface area (Å²) in [7, 11) is 0. The van der Waals surface area contributed by atoms with E-state index in [1.54, 1.807) is 17.0 Å². The summed E-state index contributed by atoms with van der Waals surface area (Å²) in [5.41, 5.74) is 2.74. The number of amides is 3. The van der Waals surface area contributed by atoms with E-state index >= 15 is 0 Å². The lowest BCUT2D eigenvalue weighted by Gasteiger charge is -2.18. The van der Waals surface area contributed by atoms with Crippen LogP contribution in [0.2, 0.25) is 0 Å². The average Bonchev–Trinajstić information content (AvgIpc) is 3.19. The highest BCUT2D eigenvalue weighted by Crippen LogP contribution is 2.14. The first-order valence-corrected chi connectivity index (χ1v) is 9.54. The Hall–Kier alpha value is -2.90. The topological polar surface area (TPSA) is 70.5 Å². The number of carbonyl (C=O) groups excluding carboxylic acids is 2. The second-order valence-corrected chi connectivity index (χ2v) is 7.03. The molecule has 0 radical (unpaired) electrons. The van der Waals surface area contributed by atoms with Crippen LogP contribution in [0.15, 0.2) is 30.5 Å². The molecule has 3 rings (SSSR count). The second kappa shape index (κ2) is 8.86. The molecule has 1 fully saturated rings. The molecule has 8 heteroatoms. The van der Waals surface area contributed by atoms with E-state index in [4.69, 9.17) is 0 Å².